The Morgan fingerprint density at radius 2 is 1.91 bits per heavy atom. The molecule has 0 bridgehead atoms. The number of hydrogen-bond acceptors (Lipinski definition) is 1. The van der Waals surface area contributed by atoms with Crippen molar-refractivity contribution in [2.24, 2.45) is 5.92 Å². The fourth-order valence-electron chi connectivity index (χ4n) is 0.898. The normalized spacial score (nSPS) is 11.2. The van der Waals surface area contributed by atoms with Crippen molar-refractivity contribution < 1.29 is 42.1 Å². The van der Waals surface area contributed by atoms with Gasteiger partial charge < -0.3 is 17.5 Å². The van der Waals surface area contributed by atoms with Crippen LogP contribution in [0.15, 0.2) is 0 Å². The van der Waals surface area contributed by atoms with Crippen molar-refractivity contribution >= 4 is 0 Å². The van der Waals surface area contributed by atoms with Crippen molar-refractivity contribution in [3.8, 4) is 0 Å². The molecule has 0 aliphatic carbocycles. The molecular weight excluding hydrogens is 195 g/mol. The summed E-state index contributed by atoms with van der Waals surface area (Å²) in [5.41, 5.74) is 0. The minimum Gasteiger partial charge on any atom is -1.00 e. The van der Waals surface area contributed by atoms with Crippen LogP contribution in [-0.2, 0) is 21.7 Å². The Kier molecular flexibility index (Phi) is 22.0. The molecular formula is C8H21ClOTi. The molecule has 0 aromatic heterocycles. The zero-order valence-electron chi connectivity index (χ0n) is 7.40. The summed E-state index contributed by atoms with van der Waals surface area (Å²) in [5.74, 6) is 0.449. The minimum atomic E-state index is 0. The van der Waals surface area contributed by atoms with Crippen LogP contribution in [0.5, 0.6) is 0 Å². The zero-order valence-corrected chi connectivity index (χ0v) is 9.72. The Hall–Kier alpha value is 0.964. The summed E-state index contributed by atoms with van der Waals surface area (Å²) in [6.45, 7) is 4.38. The van der Waals surface area contributed by atoms with Gasteiger partial charge in [0.25, 0.3) is 0 Å². The van der Waals surface area contributed by atoms with E-state index in [1.165, 1.54) is 12.8 Å². The van der Waals surface area contributed by atoms with Gasteiger partial charge in [-0.2, -0.15) is 0 Å². The summed E-state index contributed by atoms with van der Waals surface area (Å²) in [5, 5.41) is 10.4. The Balaban J connectivity index is -0.0000000533. The van der Waals surface area contributed by atoms with Gasteiger partial charge in [-0.05, 0) is 0 Å². The van der Waals surface area contributed by atoms with Crippen LogP contribution in [0.2, 0.25) is 0 Å². The maximum Gasteiger partial charge on any atom is 2.00 e. The van der Waals surface area contributed by atoms with E-state index in [1.54, 1.807) is 0 Å². The van der Waals surface area contributed by atoms with Crippen LogP contribution in [-0.4, -0.2) is 6.61 Å². The maximum atomic E-state index is 10.4. The van der Waals surface area contributed by atoms with E-state index in [0.29, 0.717) is 5.92 Å². The Labute approximate surface area is 94.2 Å². The summed E-state index contributed by atoms with van der Waals surface area (Å²) in [7, 11) is 0. The van der Waals surface area contributed by atoms with Crippen molar-refractivity contribution in [3.05, 3.63) is 0 Å². The molecule has 0 amide bonds. The Bertz CT molecular complexity index is 66.1. The van der Waals surface area contributed by atoms with Crippen molar-refractivity contribution in [1.29, 1.82) is 0 Å². The first kappa shape index (κ1) is 17.9. The van der Waals surface area contributed by atoms with E-state index >= 15 is 0 Å². The van der Waals surface area contributed by atoms with Crippen molar-refractivity contribution in [1.82, 2.24) is 0 Å². The molecule has 0 fully saturated rings. The average molecular weight is 217 g/mol. The summed E-state index contributed by atoms with van der Waals surface area (Å²) in [4.78, 5) is 0. The van der Waals surface area contributed by atoms with Gasteiger partial charge in [-0.3, -0.25) is 0 Å². The molecule has 0 heterocycles. The van der Waals surface area contributed by atoms with Crippen molar-refractivity contribution in [3.63, 3.8) is 0 Å². The molecule has 0 aromatic carbocycles. The second kappa shape index (κ2) is 13.5. The average Bonchev–Trinajstić information content (AvgIpc) is 1.91. The van der Waals surface area contributed by atoms with Gasteiger partial charge in [-0.25, -0.2) is 0 Å². The second-order valence-corrected chi connectivity index (χ2v) is 2.58. The molecule has 0 aromatic rings. The van der Waals surface area contributed by atoms with E-state index in [0.717, 1.165) is 12.8 Å². The van der Waals surface area contributed by atoms with Gasteiger partial charge in [0.1, 0.15) is 0 Å². The molecule has 1 unspecified atom stereocenters. The second-order valence-electron chi connectivity index (χ2n) is 2.58. The van der Waals surface area contributed by atoms with Crippen LogP contribution < -0.4 is 17.5 Å². The molecule has 0 saturated carbocycles. The molecule has 0 radical (unpaired) electrons. The van der Waals surface area contributed by atoms with Crippen LogP contribution in [0, 0.1) is 5.92 Å². The number of unbranched alkanes of at least 4 members (excludes halogenated alkanes) is 1. The van der Waals surface area contributed by atoms with E-state index < -0.39 is 0 Å². The van der Waals surface area contributed by atoms with E-state index in [-0.39, 0.29) is 43.6 Å². The van der Waals surface area contributed by atoms with Crippen LogP contribution >= 0.6 is 0 Å². The zero-order chi connectivity index (χ0) is 7.11. The summed E-state index contributed by atoms with van der Waals surface area (Å²) in [6.07, 6.45) is 4.64. The standard InChI is InChI=1S/C8H17O.ClH.Ti.2H2/c1-3-5-6-8(4-2)7-9;;;;/h8H,3-7H2,1-2H3;1H;;2*1H/q-1;;+2;;/p-1. The van der Waals surface area contributed by atoms with E-state index in [1.807, 2.05) is 0 Å². The number of hydrogen-bond donors (Lipinski definition) is 0. The van der Waals surface area contributed by atoms with Crippen LogP contribution in [0.25, 0.3) is 0 Å². The molecule has 70 valence electrons. The first-order valence-electron chi connectivity index (χ1n) is 3.93. The smallest absolute Gasteiger partial charge is 1.00 e. The monoisotopic (exact) mass is 216 g/mol. The predicted molar refractivity (Wildman–Crippen MR) is 42.4 cm³/mol. The largest absolute Gasteiger partial charge is 2.00 e. The molecule has 3 heteroatoms. The summed E-state index contributed by atoms with van der Waals surface area (Å²) >= 11 is 0. The molecule has 0 saturated heterocycles. The van der Waals surface area contributed by atoms with Crippen LogP contribution in [0.1, 0.15) is 42.4 Å². The summed E-state index contributed by atoms with van der Waals surface area (Å²) < 4.78 is 0. The molecule has 1 nitrogen and oxygen atoms in total. The van der Waals surface area contributed by atoms with Crippen molar-refractivity contribution in [2.75, 3.05) is 6.61 Å². The summed E-state index contributed by atoms with van der Waals surface area (Å²) in [6, 6.07) is 0. The third-order valence-electron chi connectivity index (χ3n) is 1.78. The van der Waals surface area contributed by atoms with Gasteiger partial charge >= 0.3 is 21.7 Å². The fourth-order valence-corrected chi connectivity index (χ4v) is 0.898. The number of halogens is 1. The van der Waals surface area contributed by atoms with Gasteiger partial charge in [-0.15, -0.1) is 6.61 Å². The van der Waals surface area contributed by atoms with Crippen molar-refractivity contribution in [2.45, 2.75) is 39.5 Å². The quantitative estimate of drug-likeness (QED) is 0.544. The van der Waals surface area contributed by atoms with E-state index in [2.05, 4.69) is 13.8 Å². The SMILES string of the molecule is CCCCC(CC)C[O-].[Cl-].[HH].[HH].[Ti+2]. The van der Waals surface area contributed by atoms with Crippen LogP contribution in [0.4, 0.5) is 0 Å². The molecule has 0 aliphatic heterocycles. The molecule has 0 rings (SSSR count). The first-order valence-corrected chi connectivity index (χ1v) is 3.93. The Morgan fingerprint density at radius 3 is 2.18 bits per heavy atom. The van der Waals surface area contributed by atoms with E-state index in [9.17, 15) is 5.11 Å². The first-order chi connectivity index (χ1) is 4.35. The topological polar surface area (TPSA) is 23.1 Å². The Morgan fingerprint density at radius 1 is 1.36 bits per heavy atom. The van der Waals surface area contributed by atoms with Gasteiger partial charge in [0.15, 0.2) is 0 Å². The van der Waals surface area contributed by atoms with Gasteiger partial charge in [-0.1, -0.05) is 45.4 Å². The molecule has 1 atom stereocenters. The van der Waals surface area contributed by atoms with E-state index in [4.69, 9.17) is 0 Å². The third kappa shape index (κ3) is 11.0. The predicted octanol–water partition coefficient (Wildman–Crippen LogP) is -0.943. The third-order valence-corrected chi connectivity index (χ3v) is 1.78. The molecule has 11 heavy (non-hydrogen) atoms. The minimum absolute atomic E-state index is 0. The number of rotatable bonds is 5. The fraction of sp³-hybridized carbons (Fsp3) is 1.00. The van der Waals surface area contributed by atoms with Crippen LogP contribution in [0.3, 0.4) is 0 Å². The maximum absolute atomic E-state index is 10.4. The molecule has 0 N–H and O–H groups in total. The van der Waals surface area contributed by atoms with Gasteiger partial charge in [0.05, 0.1) is 0 Å². The molecule has 0 spiro atoms. The van der Waals surface area contributed by atoms with Gasteiger partial charge in [0, 0.05) is 2.85 Å². The molecule has 0 aliphatic rings. The van der Waals surface area contributed by atoms with Gasteiger partial charge in [0.2, 0.25) is 0 Å².